The first-order chi connectivity index (χ1) is 5.29. The molecule has 2 N–H and O–H groups in total. The van der Waals surface area contributed by atoms with Gasteiger partial charge in [0.25, 0.3) is 0 Å². The molecule has 0 aromatic heterocycles. The number of amides is 1. The van der Waals surface area contributed by atoms with Gasteiger partial charge < -0.3 is 5.32 Å². The molecule has 0 aromatic carbocycles. The van der Waals surface area contributed by atoms with E-state index in [1.54, 1.807) is 0 Å². The summed E-state index contributed by atoms with van der Waals surface area (Å²) in [6.07, 6.45) is 2.28. The van der Waals surface area contributed by atoms with Gasteiger partial charge in [0.15, 0.2) is 0 Å². The average molecular weight is 158 g/mol. The summed E-state index contributed by atoms with van der Waals surface area (Å²) >= 11 is 0. The lowest BCUT2D eigenvalue weighted by Gasteiger charge is -2.21. The summed E-state index contributed by atoms with van der Waals surface area (Å²) in [7, 11) is 0. The van der Waals surface area contributed by atoms with Crippen molar-refractivity contribution in [2.75, 3.05) is 13.1 Å². The van der Waals surface area contributed by atoms with Gasteiger partial charge in [0, 0.05) is 13.5 Å². The Hall–Kier alpha value is -0.610. The van der Waals surface area contributed by atoms with E-state index < -0.39 is 0 Å². The molecule has 0 saturated carbocycles. The Morgan fingerprint density at radius 2 is 2.55 bits per heavy atom. The maximum absolute atomic E-state index is 10.4. The van der Waals surface area contributed by atoms with E-state index in [0.29, 0.717) is 0 Å². The lowest BCUT2D eigenvalue weighted by atomic mass is 10.1. The molecule has 1 unspecified atom stereocenters. The highest BCUT2D eigenvalue weighted by Gasteiger charge is 2.13. The number of hydrogen-bond acceptors (Lipinski definition) is 3. The van der Waals surface area contributed by atoms with Crippen LogP contribution >= 0.6 is 0 Å². The maximum Gasteiger partial charge on any atom is 0.240 e. The number of carbonyl (C=O) groups excluding carboxylic acids is 1. The zero-order valence-electron chi connectivity index (χ0n) is 6.72. The zero-order chi connectivity index (χ0) is 8.10. The van der Waals surface area contributed by atoms with Gasteiger partial charge in [-0.3, -0.25) is 9.63 Å². The van der Waals surface area contributed by atoms with Crippen molar-refractivity contribution in [2.45, 2.75) is 25.9 Å². The molecule has 0 spiro atoms. The first kappa shape index (κ1) is 8.49. The SMILES string of the molecule is CC(=O)NOC1CCCNC1. The highest BCUT2D eigenvalue weighted by atomic mass is 16.7. The van der Waals surface area contributed by atoms with Crippen molar-refractivity contribution in [1.29, 1.82) is 0 Å². The third kappa shape index (κ3) is 3.34. The summed E-state index contributed by atoms with van der Waals surface area (Å²) in [5, 5.41) is 3.18. The second-order valence-corrected chi connectivity index (χ2v) is 2.74. The van der Waals surface area contributed by atoms with Crippen LogP contribution < -0.4 is 10.8 Å². The highest BCUT2D eigenvalue weighted by molar-refractivity contribution is 5.71. The molecule has 1 atom stereocenters. The number of hydrogen-bond donors (Lipinski definition) is 2. The third-order valence-electron chi connectivity index (χ3n) is 1.62. The molecule has 1 aliphatic rings. The topological polar surface area (TPSA) is 50.4 Å². The largest absolute Gasteiger partial charge is 0.314 e. The van der Waals surface area contributed by atoms with Crippen molar-refractivity contribution < 1.29 is 9.63 Å². The fourth-order valence-electron chi connectivity index (χ4n) is 1.09. The maximum atomic E-state index is 10.4. The molecule has 1 fully saturated rings. The number of carbonyl (C=O) groups is 1. The molecular weight excluding hydrogens is 144 g/mol. The minimum absolute atomic E-state index is 0.143. The van der Waals surface area contributed by atoms with E-state index in [0.717, 1.165) is 25.9 Å². The molecule has 4 heteroatoms. The van der Waals surface area contributed by atoms with Crippen LogP contribution in [0.25, 0.3) is 0 Å². The molecule has 1 aliphatic heterocycles. The lowest BCUT2D eigenvalue weighted by Crippen LogP contribution is -2.39. The molecule has 1 saturated heterocycles. The molecule has 0 aromatic rings. The normalized spacial score (nSPS) is 24.6. The van der Waals surface area contributed by atoms with Gasteiger partial charge in [-0.15, -0.1) is 0 Å². The fraction of sp³-hybridized carbons (Fsp3) is 0.857. The second-order valence-electron chi connectivity index (χ2n) is 2.74. The first-order valence-electron chi connectivity index (χ1n) is 3.92. The van der Waals surface area contributed by atoms with Crippen LogP contribution in [0, 0.1) is 0 Å². The van der Waals surface area contributed by atoms with Crippen molar-refractivity contribution in [3.8, 4) is 0 Å². The van der Waals surface area contributed by atoms with E-state index in [9.17, 15) is 4.79 Å². The van der Waals surface area contributed by atoms with Crippen LogP contribution in [0.15, 0.2) is 0 Å². The van der Waals surface area contributed by atoms with E-state index in [-0.39, 0.29) is 12.0 Å². The van der Waals surface area contributed by atoms with Crippen molar-refractivity contribution in [3.63, 3.8) is 0 Å². The Morgan fingerprint density at radius 1 is 1.73 bits per heavy atom. The van der Waals surface area contributed by atoms with Gasteiger partial charge in [-0.05, 0) is 19.4 Å². The Kier molecular flexibility index (Phi) is 3.32. The number of rotatable bonds is 2. The second kappa shape index (κ2) is 4.31. The van der Waals surface area contributed by atoms with Gasteiger partial charge in [-0.2, -0.15) is 0 Å². The summed E-state index contributed by atoms with van der Waals surface area (Å²) in [5.74, 6) is -0.143. The van der Waals surface area contributed by atoms with Crippen LogP contribution in [-0.4, -0.2) is 25.1 Å². The van der Waals surface area contributed by atoms with Crippen LogP contribution in [0.4, 0.5) is 0 Å². The monoisotopic (exact) mass is 158 g/mol. The molecule has 1 rings (SSSR count). The summed E-state index contributed by atoms with van der Waals surface area (Å²) < 4.78 is 0. The van der Waals surface area contributed by atoms with E-state index >= 15 is 0 Å². The molecule has 0 radical (unpaired) electrons. The molecule has 0 bridgehead atoms. The molecular formula is C7H14N2O2. The van der Waals surface area contributed by atoms with Crippen LogP contribution in [-0.2, 0) is 9.63 Å². The summed E-state index contributed by atoms with van der Waals surface area (Å²) in [4.78, 5) is 15.5. The van der Waals surface area contributed by atoms with Crippen LogP contribution in [0.2, 0.25) is 0 Å². The predicted molar refractivity (Wildman–Crippen MR) is 40.8 cm³/mol. The zero-order valence-corrected chi connectivity index (χ0v) is 6.72. The Labute approximate surface area is 66.3 Å². The minimum Gasteiger partial charge on any atom is -0.314 e. The molecule has 0 aliphatic carbocycles. The van der Waals surface area contributed by atoms with Gasteiger partial charge in [-0.25, -0.2) is 5.48 Å². The summed E-state index contributed by atoms with van der Waals surface area (Å²) in [6.45, 7) is 3.33. The molecule has 1 amide bonds. The fourth-order valence-corrected chi connectivity index (χ4v) is 1.09. The van der Waals surface area contributed by atoms with Gasteiger partial charge in [-0.1, -0.05) is 0 Å². The summed E-state index contributed by atoms with van der Waals surface area (Å²) in [5.41, 5.74) is 2.34. The van der Waals surface area contributed by atoms with Gasteiger partial charge >= 0.3 is 0 Å². The first-order valence-corrected chi connectivity index (χ1v) is 3.92. The van der Waals surface area contributed by atoms with Crippen molar-refractivity contribution >= 4 is 5.91 Å². The van der Waals surface area contributed by atoms with E-state index in [1.165, 1.54) is 6.92 Å². The predicted octanol–water partition coefficient (Wildman–Crippen LogP) is -0.194. The molecule has 1 heterocycles. The van der Waals surface area contributed by atoms with Crippen molar-refractivity contribution in [2.24, 2.45) is 0 Å². The third-order valence-corrected chi connectivity index (χ3v) is 1.62. The van der Waals surface area contributed by atoms with Crippen molar-refractivity contribution in [1.82, 2.24) is 10.8 Å². The number of piperidine rings is 1. The molecule has 64 valence electrons. The Bertz CT molecular complexity index is 132. The van der Waals surface area contributed by atoms with Crippen LogP contribution in [0.1, 0.15) is 19.8 Å². The van der Waals surface area contributed by atoms with Gasteiger partial charge in [0.2, 0.25) is 5.91 Å². The molecule has 4 nitrogen and oxygen atoms in total. The van der Waals surface area contributed by atoms with Crippen LogP contribution in [0.3, 0.4) is 0 Å². The van der Waals surface area contributed by atoms with E-state index in [4.69, 9.17) is 4.84 Å². The quantitative estimate of drug-likeness (QED) is 0.547. The minimum atomic E-state index is -0.143. The van der Waals surface area contributed by atoms with Crippen molar-refractivity contribution in [3.05, 3.63) is 0 Å². The van der Waals surface area contributed by atoms with E-state index in [1.807, 2.05) is 0 Å². The Balaban J connectivity index is 2.09. The van der Waals surface area contributed by atoms with Crippen LogP contribution in [0.5, 0.6) is 0 Å². The number of nitrogens with one attached hydrogen (secondary N) is 2. The standard InChI is InChI=1S/C7H14N2O2/c1-6(10)9-11-7-3-2-4-8-5-7/h7-8H,2-5H2,1H3,(H,9,10). The Morgan fingerprint density at radius 3 is 3.09 bits per heavy atom. The highest BCUT2D eigenvalue weighted by Crippen LogP contribution is 2.03. The van der Waals surface area contributed by atoms with Gasteiger partial charge in [0.1, 0.15) is 0 Å². The molecule has 11 heavy (non-hydrogen) atoms. The van der Waals surface area contributed by atoms with Gasteiger partial charge in [0.05, 0.1) is 6.10 Å². The van der Waals surface area contributed by atoms with E-state index in [2.05, 4.69) is 10.8 Å². The smallest absolute Gasteiger partial charge is 0.240 e. The summed E-state index contributed by atoms with van der Waals surface area (Å²) in [6, 6.07) is 0. The number of hydroxylamine groups is 1. The lowest BCUT2D eigenvalue weighted by molar-refractivity contribution is -0.136. The average Bonchev–Trinajstić information content (AvgIpc) is 2.03.